The van der Waals surface area contributed by atoms with Crippen molar-refractivity contribution < 1.29 is 14.3 Å². The van der Waals surface area contributed by atoms with Gasteiger partial charge in [0.15, 0.2) is 0 Å². The molecule has 96 valence electrons. The Hall–Kier alpha value is -1.21. The molecule has 0 aromatic carbocycles. The molecule has 1 aliphatic heterocycles. The number of hydrogen-bond acceptors (Lipinski definition) is 4. The Bertz CT molecular complexity index is 322. The fourth-order valence-corrected chi connectivity index (χ4v) is 1.79. The Morgan fingerprint density at radius 3 is 2.88 bits per heavy atom. The van der Waals surface area contributed by atoms with Gasteiger partial charge in [0.1, 0.15) is 6.04 Å². The van der Waals surface area contributed by atoms with E-state index >= 15 is 0 Å². The smallest absolute Gasteiger partial charge is 0.245 e. The molecule has 0 spiro atoms. The van der Waals surface area contributed by atoms with E-state index in [0.29, 0.717) is 19.7 Å². The summed E-state index contributed by atoms with van der Waals surface area (Å²) in [6, 6.07) is -0.578. The summed E-state index contributed by atoms with van der Waals surface area (Å²) in [7, 11) is 0. The molecular weight excluding hydrogens is 242 g/mol. The molecule has 0 radical (unpaired) electrons. The van der Waals surface area contributed by atoms with E-state index in [-0.39, 0.29) is 29.8 Å². The first-order chi connectivity index (χ1) is 8.06. The molecule has 6 nitrogen and oxygen atoms in total. The number of amides is 2. The molecule has 1 heterocycles. The lowest BCUT2D eigenvalue weighted by atomic mass is 10.2. The Morgan fingerprint density at radius 2 is 2.29 bits per heavy atom. The van der Waals surface area contributed by atoms with Crippen LogP contribution in [0.4, 0.5) is 0 Å². The number of rotatable bonds is 4. The van der Waals surface area contributed by atoms with Gasteiger partial charge >= 0.3 is 0 Å². The summed E-state index contributed by atoms with van der Waals surface area (Å²) in [5, 5.41) is 2.68. The van der Waals surface area contributed by atoms with Crippen LogP contribution in [0, 0.1) is 0 Å². The molecule has 0 aliphatic carbocycles. The van der Waals surface area contributed by atoms with Gasteiger partial charge < -0.3 is 20.7 Å². The third kappa shape index (κ3) is 3.94. The van der Waals surface area contributed by atoms with E-state index in [2.05, 4.69) is 5.32 Å². The lowest BCUT2D eigenvalue weighted by molar-refractivity contribution is -0.147. The van der Waals surface area contributed by atoms with Gasteiger partial charge in [-0.05, 0) is 6.92 Å². The molecule has 1 fully saturated rings. The van der Waals surface area contributed by atoms with E-state index in [1.165, 1.54) is 4.90 Å². The number of hydrogen-bond donors (Lipinski definition) is 2. The number of nitrogens with one attached hydrogen (secondary N) is 1. The van der Waals surface area contributed by atoms with Crippen LogP contribution in [0.5, 0.6) is 0 Å². The average Bonchev–Trinajstić information content (AvgIpc) is 2.28. The predicted molar refractivity (Wildman–Crippen MR) is 66.4 cm³/mol. The SMILES string of the molecule is CCNC(=O)C1COCCN1C(=O)CC(N)=S. The Kier molecular flexibility index (Phi) is 5.30. The quantitative estimate of drug-likeness (QED) is 0.634. The van der Waals surface area contributed by atoms with E-state index < -0.39 is 6.04 Å². The number of morpholine rings is 1. The third-order valence-electron chi connectivity index (χ3n) is 2.43. The summed E-state index contributed by atoms with van der Waals surface area (Å²) in [6.07, 6.45) is -0.00869. The second-order valence-corrected chi connectivity index (χ2v) is 4.24. The van der Waals surface area contributed by atoms with Gasteiger partial charge in [-0.2, -0.15) is 0 Å². The van der Waals surface area contributed by atoms with Crippen LogP contribution in [0.2, 0.25) is 0 Å². The zero-order valence-corrected chi connectivity index (χ0v) is 10.6. The molecular formula is C10H17N3O3S. The van der Waals surface area contributed by atoms with Crippen LogP contribution in [0.15, 0.2) is 0 Å². The van der Waals surface area contributed by atoms with Gasteiger partial charge in [-0.3, -0.25) is 9.59 Å². The standard InChI is InChI=1S/C10H17N3O3S/c1-2-12-10(15)7-6-16-4-3-13(7)9(14)5-8(11)17/h7H,2-6H2,1H3,(H2,11,17)(H,12,15). The van der Waals surface area contributed by atoms with Gasteiger partial charge in [0, 0.05) is 13.1 Å². The highest BCUT2D eigenvalue weighted by Gasteiger charge is 2.32. The first kappa shape index (κ1) is 13.9. The van der Waals surface area contributed by atoms with Crippen LogP contribution in [0.25, 0.3) is 0 Å². The van der Waals surface area contributed by atoms with Crippen molar-refractivity contribution in [2.24, 2.45) is 5.73 Å². The van der Waals surface area contributed by atoms with E-state index in [4.69, 9.17) is 22.7 Å². The number of likely N-dealkylation sites (N-methyl/N-ethyl adjacent to an activating group) is 1. The average molecular weight is 259 g/mol. The Morgan fingerprint density at radius 1 is 1.59 bits per heavy atom. The van der Waals surface area contributed by atoms with Crippen molar-refractivity contribution in [1.29, 1.82) is 0 Å². The van der Waals surface area contributed by atoms with Gasteiger partial charge in [0.05, 0.1) is 24.6 Å². The highest BCUT2D eigenvalue weighted by molar-refractivity contribution is 7.80. The summed E-state index contributed by atoms with van der Waals surface area (Å²) in [5.41, 5.74) is 5.33. The van der Waals surface area contributed by atoms with Crippen molar-refractivity contribution in [3.8, 4) is 0 Å². The van der Waals surface area contributed by atoms with Gasteiger partial charge in [-0.25, -0.2) is 0 Å². The van der Waals surface area contributed by atoms with E-state index in [1.54, 1.807) is 0 Å². The fourth-order valence-electron chi connectivity index (χ4n) is 1.66. The predicted octanol–water partition coefficient (Wildman–Crippen LogP) is -0.974. The molecule has 7 heteroatoms. The molecule has 1 aliphatic rings. The van der Waals surface area contributed by atoms with Crippen LogP contribution >= 0.6 is 12.2 Å². The third-order valence-corrected chi connectivity index (χ3v) is 2.57. The highest BCUT2D eigenvalue weighted by Crippen LogP contribution is 2.09. The number of nitrogens with two attached hydrogens (primary N) is 1. The lowest BCUT2D eigenvalue weighted by Crippen LogP contribution is -2.56. The molecule has 0 saturated carbocycles. The van der Waals surface area contributed by atoms with Crippen LogP contribution in [0.3, 0.4) is 0 Å². The summed E-state index contributed by atoms with van der Waals surface area (Å²) in [6.45, 7) is 3.38. The maximum atomic E-state index is 11.9. The van der Waals surface area contributed by atoms with Crippen LogP contribution in [-0.4, -0.2) is 54.0 Å². The minimum atomic E-state index is -0.578. The second kappa shape index (κ2) is 6.51. The van der Waals surface area contributed by atoms with Crippen LogP contribution in [0.1, 0.15) is 13.3 Å². The number of carbonyl (C=O) groups is 2. The number of carbonyl (C=O) groups excluding carboxylic acids is 2. The van der Waals surface area contributed by atoms with Crippen LogP contribution in [-0.2, 0) is 14.3 Å². The maximum Gasteiger partial charge on any atom is 0.245 e. The summed E-state index contributed by atoms with van der Waals surface area (Å²) < 4.78 is 5.22. The normalized spacial score (nSPS) is 19.8. The number of thiocarbonyl (C=S) groups is 1. The lowest BCUT2D eigenvalue weighted by Gasteiger charge is -2.34. The highest BCUT2D eigenvalue weighted by atomic mass is 32.1. The van der Waals surface area contributed by atoms with Gasteiger partial charge in [-0.15, -0.1) is 0 Å². The van der Waals surface area contributed by atoms with E-state index in [9.17, 15) is 9.59 Å². The molecule has 0 aromatic rings. The molecule has 1 saturated heterocycles. The molecule has 1 rings (SSSR count). The first-order valence-corrected chi connectivity index (χ1v) is 5.90. The molecule has 1 atom stereocenters. The van der Waals surface area contributed by atoms with Crippen molar-refractivity contribution in [1.82, 2.24) is 10.2 Å². The fraction of sp³-hybridized carbons (Fsp3) is 0.700. The van der Waals surface area contributed by atoms with Gasteiger partial charge in [0.25, 0.3) is 0 Å². The van der Waals surface area contributed by atoms with Crippen molar-refractivity contribution >= 4 is 29.0 Å². The van der Waals surface area contributed by atoms with Crippen molar-refractivity contribution in [3.05, 3.63) is 0 Å². The minimum absolute atomic E-state index is 0.00869. The molecule has 1 unspecified atom stereocenters. The minimum Gasteiger partial charge on any atom is -0.393 e. The molecule has 0 bridgehead atoms. The van der Waals surface area contributed by atoms with Crippen molar-refractivity contribution in [2.45, 2.75) is 19.4 Å². The van der Waals surface area contributed by atoms with E-state index in [0.717, 1.165) is 0 Å². The van der Waals surface area contributed by atoms with Crippen molar-refractivity contribution in [3.63, 3.8) is 0 Å². The van der Waals surface area contributed by atoms with Gasteiger partial charge in [0.2, 0.25) is 11.8 Å². The van der Waals surface area contributed by atoms with Gasteiger partial charge in [-0.1, -0.05) is 12.2 Å². The molecule has 2 amide bonds. The second-order valence-electron chi connectivity index (χ2n) is 3.72. The van der Waals surface area contributed by atoms with E-state index in [1.807, 2.05) is 6.92 Å². The van der Waals surface area contributed by atoms with Crippen molar-refractivity contribution in [2.75, 3.05) is 26.3 Å². The summed E-state index contributed by atoms with van der Waals surface area (Å²) in [4.78, 5) is 25.2. The maximum absolute atomic E-state index is 11.9. The molecule has 0 aromatic heterocycles. The first-order valence-electron chi connectivity index (χ1n) is 5.49. The summed E-state index contributed by atoms with van der Waals surface area (Å²) >= 11 is 4.70. The van der Waals surface area contributed by atoms with Crippen LogP contribution < -0.4 is 11.1 Å². The molecule has 3 N–H and O–H groups in total. The number of nitrogens with zero attached hydrogens (tertiary/aromatic N) is 1. The zero-order valence-electron chi connectivity index (χ0n) is 9.77. The Labute approximate surface area is 105 Å². The topological polar surface area (TPSA) is 84.7 Å². The molecule has 17 heavy (non-hydrogen) atoms. The number of ether oxygens (including phenoxy) is 1. The zero-order chi connectivity index (χ0) is 12.8. The Balaban J connectivity index is 2.68. The summed E-state index contributed by atoms with van der Waals surface area (Å²) in [5.74, 6) is -0.430. The largest absolute Gasteiger partial charge is 0.393 e. The monoisotopic (exact) mass is 259 g/mol.